The van der Waals surface area contributed by atoms with Crippen LogP contribution in [0.4, 0.5) is 0 Å². The Morgan fingerprint density at radius 1 is 1.22 bits per heavy atom. The van der Waals surface area contributed by atoms with Crippen molar-refractivity contribution in [1.82, 2.24) is 5.32 Å². The molecule has 1 aliphatic rings. The standard InChI is InChI=1S/C23H20Cl2N2O4S/c1-3-31-20-16(24)9-14(10-17(20)25)18-15(11-26)22(27-21(28)19(18)23(29)30-2)32-12-13-7-5-4-6-8-13/h4-10,18-19H,3,12H2,1-2H3,(H,27,28)/t18-,19+/m1/s1. The van der Waals surface area contributed by atoms with E-state index in [4.69, 9.17) is 32.7 Å². The fourth-order valence-corrected chi connectivity index (χ4v) is 5.07. The van der Waals surface area contributed by atoms with Gasteiger partial charge in [-0.3, -0.25) is 9.59 Å². The van der Waals surface area contributed by atoms with Gasteiger partial charge in [-0.1, -0.05) is 53.5 Å². The molecule has 0 spiro atoms. The molecule has 32 heavy (non-hydrogen) atoms. The second-order valence-corrected chi connectivity index (χ2v) is 8.64. The Labute approximate surface area is 200 Å². The highest BCUT2D eigenvalue weighted by Gasteiger charge is 2.44. The van der Waals surface area contributed by atoms with Crippen LogP contribution in [0.5, 0.6) is 5.75 Å². The van der Waals surface area contributed by atoms with Gasteiger partial charge in [0.05, 0.1) is 40.4 Å². The number of hydrogen-bond acceptors (Lipinski definition) is 6. The average molecular weight is 491 g/mol. The predicted octanol–water partition coefficient (Wildman–Crippen LogP) is 5.06. The molecule has 1 aliphatic heterocycles. The number of nitrogens with zero attached hydrogens (tertiary/aromatic N) is 1. The number of esters is 1. The molecule has 0 bridgehead atoms. The number of nitrogens with one attached hydrogen (secondary N) is 1. The summed E-state index contributed by atoms with van der Waals surface area (Å²) in [4.78, 5) is 25.5. The fourth-order valence-electron chi connectivity index (χ4n) is 3.45. The topological polar surface area (TPSA) is 88.4 Å². The van der Waals surface area contributed by atoms with Crippen molar-refractivity contribution in [3.8, 4) is 11.8 Å². The summed E-state index contributed by atoms with van der Waals surface area (Å²) in [6, 6.07) is 14.9. The first kappa shape index (κ1) is 24.0. The third-order valence-electron chi connectivity index (χ3n) is 4.88. The molecule has 0 saturated carbocycles. The number of hydrogen-bond donors (Lipinski definition) is 1. The first-order valence-electron chi connectivity index (χ1n) is 9.72. The number of rotatable bonds is 7. The van der Waals surface area contributed by atoms with Crippen molar-refractivity contribution >= 4 is 46.8 Å². The molecule has 0 saturated heterocycles. The van der Waals surface area contributed by atoms with E-state index in [1.165, 1.54) is 18.9 Å². The normalized spacial score (nSPS) is 18.0. The number of carbonyl (C=O) groups excluding carboxylic acids is 2. The Bertz CT molecular complexity index is 1080. The van der Waals surface area contributed by atoms with Gasteiger partial charge in [-0.2, -0.15) is 5.26 Å². The molecule has 6 nitrogen and oxygen atoms in total. The molecule has 1 amide bonds. The molecular formula is C23H20Cl2N2O4S. The molecule has 166 valence electrons. The Hall–Kier alpha value is -2.66. The molecule has 2 aromatic rings. The maximum Gasteiger partial charge on any atom is 0.319 e. The van der Waals surface area contributed by atoms with Crippen LogP contribution in [0.1, 0.15) is 24.0 Å². The summed E-state index contributed by atoms with van der Waals surface area (Å²) in [6.07, 6.45) is 0. The summed E-state index contributed by atoms with van der Waals surface area (Å²) in [7, 11) is 1.19. The van der Waals surface area contributed by atoms with Crippen molar-refractivity contribution in [1.29, 1.82) is 5.26 Å². The lowest BCUT2D eigenvalue weighted by molar-refractivity contribution is -0.150. The molecular weight excluding hydrogens is 471 g/mol. The van der Waals surface area contributed by atoms with Gasteiger partial charge in [0.25, 0.3) is 0 Å². The fraction of sp³-hybridized carbons (Fsp3) is 0.261. The highest BCUT2D eigenvalue weighted by molar-refractivity contribution is 8.02. The van der Waals surface area contributed by atoms with E-state index >= 15 is 0 Å². The van der Waals surface area contributed by atoms with Gasteiger partial charge in [0.2, 0.25) is 5.91 Å². The molecule has 0 radical (unpaired) electrons. The van der Waals surface area contributed by atoms with E-state index in [1.54, 1.807) is 19.1 Å². The number of nitriles is 1. The van der Waals surface area contributed by atoms with Crippen molar-refractivity contribution < 1.29 is 19.1 Å². The SMILES string of the molecule is CCOc1c(Cl)cc([C@@H]2C(C#N)=C(SCc3ccccc3)NC(=O)[C@H]2C(=O)OC)cc1Cl. The van der Waals surface area contributed by atoms with Crippen molar-refractivity contribution in [2.45, 2.75) is 18.6 Å². The Morgan fingerprint density at radius 3 is 2.44 bits per heavy atom. The predicted molar refractivity (Wildman–Crippen MR) is 124 cm³/mol. The van der Waals surface area contributed by atoms with Crippen LogP contribution in [-0.2, 0) is 20.1 Å². The zero-order valence-electron chi connectivity index (χ0n) is 17.4. The van der Waals surface area contributed by atoms with Crippen LogP contribution in [0, 0.1) is 17.2 Å². The minimum absolute atomic E-state index is 0.222. The second kappa shape index (κ2) is 10.8. The molecule has 3 rings (SSSR count). The molecule has 1 heterocycles. The molecule has 0 aromatic heterocycles. The zero-order valence-corrected chi connectivity index (χ0v) is 19.7. The first-order valence-corrected chi connectivity index (χ1v) is 11.5. The summed E-state index contributed by atoms with van der Waals surface area (Å²) in [6.45, 7) is 2.16. The third kappa shape index (κ3) is 5.04. The van der Waals surface area contributed by atoms with Crippen LogP contribution < -0.4 is 10.1 Å². The lowest BCUT2D eigenvalue weighted by Crippen LogP contribution is -2.44. The van der Waals surface area contributed by atoms with Gasteiger partial charge in [-0.25, -0.2) is 0 Å². The summed E-state index contributed by atoms with van der Waals surface area (Å²) in [5.41, 5.74) is 1.70. The van der Waals surface area contributed by atoms with E-state index in [9.17, 15) is 14.9 Å². The molecule has 0 fully saturated rings. The number of benzene rings is 2. The van der Waals surface area contributed by atoms with Crippen LogP contribution in [-0.4, -0.2) is 25.6 Å². The minimum Gasteiger partial charge on any atom is -0.491 e. The smallest absolute Gasteiger partial charge is 0.319 e. The number of thioether (sulfide) groups is 1. The zero-order chi connectivity index (χ0) is 23.3. The van der Waals surface area contributed by atoms with Crippen molar-refractivity contribution in [2.24, 2.45) is 5.92 Å². The molecule has 2 aromatic carbocycles. The molecule has 9 heteroatoms. The van der Waals surface area contributed by atoms with Crippen LogP contribution in [0.3, 0.4) is 0 Å². The maximum absolute atomic E-state index is 12.9. The third-order valence-corrected chi connectivity index (χ3v) is 6.53. The van der Waals surface area contributed by atoms with Gasteiger partial charge >= 0.3 is 5.97 Å². The molecule has 2 atom stereocenters. The lowest BCUT2D eigenvalue weighted by atomic mass is 9.78. The van der Waals surface area contributed by atoms with Gasteiger partial charge in [-0.15, -0.1) is 11.8 Å². The number of halogens is 2. The Kier molecular flexibility index (Phi) is 8.08. The lowest BCUT2D eigenvalue weighted by Gasteiger charge is -2.31. The number of allylic oxidation sites excluding steroid dienone is 1. The van der Waals surface area contributed by atoms with Gasteiger partial charge in [0.15, 0.2) is 5.75 Å². The molecule has 0 aliphatic carbocycles. The van der Waals surface area contributed by atoms with Crippen molar-refractivity contribution in [3.63, 3.8) is 0 Å². The highest BCUT2D eigenvalue weighted by atomic mass is 35.5. The van der Waals surface area contributed by atoms with E-state index in [0.29, 0.717) is 28.7 Å². The number of ether oxygens (including phenoxy) is 2. The van der Waals surface area contributed by atoms with Crippen molar-refractivity contribution in [3.05, 3.63) is 74.2 Å². The van der Waals surface area contributed by atoms with E-state index in [2.05, 4.69) is 11.4 Å². The average Bonchev–Trinajstić information content (AvgIpc) is 2.79. The van der Waals surface area contributed by atoms with Crippen LogP contribution in [0.25, 0.3) is 0 Å². The second-order valence-electron chi connectivity index (χ2n) is 6.84. The monoisotopic (exact) mass is 490 g/mol. The summed E-state index contributed by atoms with van der Waals surface area (Å²) in [5, 5.41) is 13.5. The minimum atomic E-state index is -1.26. The molecule has 0 unspecified atom stereocenters. The quantitative estimate of drug-likeness (QED) is 0.430. The van der Waals surface area contributed by atoms with E-state index in [1.807, 2.05) is 30.3 Å². The van der Waals surface area contributed by atoms with Crippen LogP contribution >= 0.6 is 35.0 Å². The number of methoxy groups -OCH3 is 1. The van der Waals surface area contributed by atoms with Crippen molar-refractivity contribution in [2.75, 3.05) is 13.7 Å². The molecule has 1 N–H and O–H groups in total. The largest absolute Gasteiger partial charge is 0.491 e. The Morgan fingerprint density at radius 2 is 1.88 bits per heavy atom. The summed E-state index contributed by atoms with van der Waals surface area (Å²) in [5.74, 6) is -2.66. The van der Waals surface area contributed by atoms with Gasteiger partial charge in [-0.05, 0) is 30.2 Å². The van der Waals surface area contributed by atoms with E-state index in [-0.39, 0.29) is 15.6 Å². The van der Waals surface area contributed by atoms with Crippen LogP contribution in [0.2, 0.25) is 10.0 Å². The summed E-state index contributed by atoms with van der Waals surface area (Å²) < 4.78 is 10.3. The maximum atomic E-state index is 12.9. The van der Waals surface area contributed by atoms with Gasteiger partial charge < -0.3 is 14.8 Å². The Balaban J connectivity index is 2.09. The number of amides is 1. The van der Waals surface area contributed by atoms with Crippen LogP contribution in [0.15, 0.2) is 53.1 Å². The van der Waals surface area contributed by atoms with Gasteiger partial charge in [0, 0.05) is 11.7 Å². The van der Waals surface area contributed by atoms with E-state index in [0.717, 1.165) is 5.56 Å². The van der Waals surface area contributed by atoms with E-state index < -0.39 is 23.7 Å². The first-order chi connectivity index (χ1) is 15.4. The number of carbonyl (C=O) groups is 2. The highest BCUT2D eigenvalue weighted by Crippen LogP contribution is 2.44. The van der Waals surface area contributed by atoms with Gasteiger partial charge in [0.1, 0.15) is 5.92 Å². The summed E-state index contributed by atoms with van der Waals surface area (Å²) >= 11 is 14.0.